The molecule has 0 heterocycles. The summed E-state index contributed by atoms with van der Waals surface area (Å²) in [4.78, 5) is 51.3. The number of carbonyl (C=O) groups excluding carboxylic acids is 3. The number of nitrogens with one attached hydrogen (secondary N) is 1. The van der Waals surface area contributed by atoms with E-state index in [1.54, 1.807) is 24.3 Å². The zero-order valence-corrected chi connectivity index (χ0v) is 21.4. The normalized spacial score (nSPS) is 11.7. The molecule has 2 aromatic carbocycles. The van der Waals surface area contributed by atoms with Crippen molar-refractivity contribution in [1.82, 2.24) is 5.32 Å². The molecule has 202 valence electrons. The molecule has 0 aliphatic heterocycles. The van der Waals surface area contributed by atoms with Crippen LogP contribution in [0.5, 0.6) is 17.2 Å². The van der Waals surface area contributed by atoms with E-state index in [9.17, 15) is 24.5 Å². The number of hydrogen-bond donors (Lipinski definition) is 1. The van der Waals surface area contributed by atoms with E-state index in [1.165, 1.54) is 44.4 Å². The monoisotopic (exact) mass is 526 g/mol. The summed E-state index contributed by atoms with van der Waals surface area (Å²) in [7, 11) is 1.40. The maximum Gasteiger partial charge on any atom is 0.336 e. The fourth-order valence-electron chi connectivity index (χ4n) is 3.13. The van der Waals surface area contributed by atoms with E-state index in [2.05, 4.69) is 10.2 Å². The average Bonchev–Trinajstić information content (AvgIpc) is 2.89. The van der Waals surface area contributed by atoms with Gasteiger partial charge in [-0.15, -0.1) is 10.1 Å². The van der Waals surface area contributed by atoms with Crippen LogP contribution in [0.3, 0.4) is 0 Å². The van der Waals surface area contributed by atoms with Crippen molar-refractivity contribution >= 4 is 23.9 Å². The minimum absolute atomic E-state index is 0.153. The number of unbranched alkanes of at least 4 members (excludes halogenated alkanes) is 1. The molecule has 0 aromatic heterocycles. The van der Waals surface area contributed by atoms with E-state index in [0.29, 0.717) is 24.0 Å². The highest BCUT2D eigenvalue weighted by atomic mass is 16.9. The third-order valence-corrected chi connectivity index (χ3v) is 5.00. The second-order valence-electron chi connectivity index (χ2n) is 7.98. The molecule has 0 spiro atoms. The van der Waals surface area contributed by atoms with Crippen molar-refractivity contribution in [3.8, 4) is 17.2 Å². The first-order valence-corrected chi connectivity index (χ1v) is 11.8. The minimum atomic E-state index is -0.908. The lowest BCUT2D eigenvalue weighted by molar-refractivity contribution is -0.763. The van der Waals surface area contributed by atoms with Gasteiger partial charge < -0.3 is 24.4 Å². The van der Waals surface area contributed by atoms with Gasteiger partial charge in [0, 0.05) is 12.5 Å². The summed E-state index contributed by atoms with van der Waals surface area (Å²) in [5.41, 5.74) is 1.03. The fourth-order valence-corrected chi connectivity index (χ4v) is 3.13. The number of methoxy groups -OCH3 is 1. The summed E-state index contributed by atoms with van der Waals surface area (Å²) in [6.07, 6.45) is 8.32. The maximum absolute atomic E-state index is 12.4. The van der Waals surface area contributed by atoms with Gasteiger partial charge in [0.15, 0.2) is 11.5 Å². The van der Waals surface area contributed by atoms with Crippen LogP contribution >= 0.6 is 0 Å². The Morgan fingerprint density at radius 2 is 1.89 bits per heavy atom. The summed E-state index contributed by atoms with van der Waals surface area (Å²) in [5, 5.41) is 12.0. The molecule has 0 saturated heterocycles. The Kier molecular flexibility index (Phi) is 12.0. The Labute approximate surface area is 220 Å². The SMILES string of the molecule is C/C=C\CCCC(=O)NC(C)C(=O)Oc1ccc(/C=C/C(=O)Oc2cccc(CO[N+](=O)[O-])c2)cc1OC. The van der Waals surface area contributed by atoms with Crippen molar-refractivity contribution in [2.45, 2.75) is 45.8 Å². The lowest BCUT2D eigenvalue weighted by Gasteiger charge is -2.15. The van der Waals surface area contributed by atoms with Gasteiger partial charge in [-0.2, -0.15) is 0 Å². The summed E-state index contributed by atoms with van der Waals surface area (Å²) in [6, 6.07) is 9.97. The Hall–Kier alpha value is -4.67. The van der Waals surface area contributed by atoms with Gasteiger partial charge in [0.25, 0.3) is 5.09 Å². The molecule has 2 aromatic rings. The molecule has 1 N–H and O–H groups in total. The van der Waals surface area contributed by atoms with Crippen molar-refractivity contribution in [1.29, 1.82) is 0 Å². The first kappa shape index (κ1) is 29.6. The van der Waals surface area contributed by atoms with Crippen LogP contribution in [0.2, 0.25) is 0 Å². The molecule has 2 rings (SSSR count). The van der Waals surface area contributed by atoms with Gasteiger partial charge >= 0.3 is 11.9 Å². The van der Waals surface area contributed by atoms with Crippen LogP contribution in [0.25, 0.3) is 6.08 Å². The molecule has 11 nitrogen and oxygen atoms in total. The largest absolute Gasteiger partial charge is 0.493 e. The summed E-state index contributed by atoms with van der Waals surface area (Å²) in [6.45, 7) is 3.17. The number of benzene rings is 2. The predicted octanol–water partition coefficient (Wildman–Crippen LogP) is 4.18. The van der Waals surface area contributed by atoms with Crippen molar-refractivity contribution in [3.05, 3.63) is 81.9 Å². The van der Waals surface area contributed by atoms with Crippen molar-refractivity contribution in [2.75, 3.05) is 7.11 Å². The second kappa shape index (κ2) is 15.4. The van der Waals surface area contributed by atoms with E-state index in [0.717, 1.165) is 6.42 Å². The van der Waals surface area contributed by atoms with Gasteiger partial charge in [0.05, 0.1) is 7.11 Å². The molecule has 11 heteroatoms. The summed E-state index contributed by atoms with van der Waals surface area (Å²) in [5.74, 6) is -0.972. The molecule has 0 aliphatic carbocycles. The number of amides is 1. The van der Waals surface area contributed by atoms with Crippen molar-refractivity contribution in [3.63, 3.8) is 0 Å². The predicted molar refractivity (Wildman–Crippen MR) is 138 cm³/mol. The van der Waals surface area contributed by atoms with Crippen LogP contribution in [-0.2, 0) is 25.8 Å². The van der Waals surface area contributed by atoms with Crippen LogP contribution < -0.4 is 19.5 Å². The van der Waals surface area contributed by atoms with Gasteiger partial charge in [0.2, 0.25) is 5.91 Å². The average molecular weight is 527 g/mol. The zero-order valence-electron chi connectivity index (χ0n) is 21.4. The molecule has 0 radical (unpaired) electrons. The third-order valence-electron chi connectivity index (χ3n) is 5.00. The number of rotatable bonds is 14. The van der Waals surface area contributed by atoms with Gasteiger partial charge in [-0.3, -0.25) is 4.79 Å². The smallest absolute Gasteiger partial charge is 0.336 e. The first-order chi connectivity index (χ1) is 18.2. The molecular weight excluding hydrogens is 496 g/mol. The van der Waals surface area contributed by atoms with E-state index < -0.39 is 23.1 Å². The van der Waals surface area contributed by atoms with E-state index in [4.69, 9.17) is 14.2 Å². The highest BCUT2D eigenvalue weighted by Crippen LogP contribution is 2.29. The van der Waals surface area contributed by atoms with Crippen LogP contribution in [0.15, 0.2) is 60.7 Å². The Balaban J connectivity index is 1.94. The second-order valence-corrected chi connectivity index (χ2v) is 7.98. The summed E-state index contributed by atoms with van der Waals surface area (Å²) >= 11 is 0. The highest BCUT2D eigenvalue weighted by Gasteiger charge is 2.19. The molecule has 0 fully saturated rings. The number of allylic oxidation sites excluding steroid dienone is 2. The molecule has 1 atom stereocenters. The zero-order chi connectivity index (χ0) is 27.9. The van der Waals surface area contributed by atoms with E-state index in [1.807, 2.05) is 19.1 Å². The summed E-state index contributed by atoms with van der Waals surface area (Å²) < 4.78 is 15.9. The van der Waals surface area contributed by atoms with Crippen LogP contribution in [0.1, 0.15) is 44.2 Å². The van der Waals surface area contributed by atoms with Gasteiger partial charge in [0.1, 0.15) is 18.4 Å². The van der Waals surface area contributed by atoms with E-state index >= 15 is 0 Å². The molecule has 1 unspecified atom stereocenters. The van der Waals surface area contributed by atoms with Crippen LogP contribution in [0, 0.1) is 10.1 Å². The third kappa shape index (κ3) is 10.5. The molecule has 0 saturated carbocycles. The highest BCUT2D eigenvalue weighted by molar-refractivity contribution is 5.89. The Morgan fingerprint density at radius 3 is 2.61 bits per heavy atom. The standard InChI is InChI=1S/C27H30N2O9/c1-4-5-6-7-11-25(30)28-19(2)27(32)38-23-14-12-20(17-24(23)35-3)13-15-26(31)37-22-10-8-9-21(16-22)18-36-29(33)34/h4-5,8-10,12-17,19H,6-7,11,18H2,1-3H3,(H,28,30)/b5-4-,15-13+. The Morgan fingerprint density at radius 1 is 1.11 bits per heavy atom. The maximum atomic E-state index is 12.4. The first-order valence-electron chi connectivity index (χ1n) is 11.8. The molecule has 1 amide bonds. The molecule has 0 aliphatic rings. The van der Waals surface area contributed by atoms with Crippen LogP contribution in [0.4, 0.5) is 0 Å². The van der Waals surface area contributed by atoms with Crippen molar-refractivity contribution in [2.24, 2.45) is 0 Å². The lowest BCUT2D eigenvalue weighted by atomic mass is 10.2. The minimum Gasteiger partial charge on any atom is -0.493 e. The van der Waals surface area contributed by atoms with Crippen LogP contribution in [-0.4, -0.2) is 36.1 Å². The number of esters is 2. The van der Waals surface area contributed by atoms with E-state index in [-0.39, 0.29) is 29.8 Å². The molecule has 0 bridgehead atoms. The van der Waals surface area contributed by atoms with Crippen molar-refractivity contribution < 1.29 is 38.5 Å². The number of ether oxygens (including phenoxy) is 3. The Bertz CT molecular complexity index is 1190. The molecule has 38 heavy (non-hydrogen) atoms. The number of nitrogens with zero attached hydrogens (tertiary/aromatic N) is 1. The quantitative estimate of drug-likeness (QED) is 0.0729. The van der Waals surface area contributed by atoms with Gasteiger partial charge in [-0.1, -0.05) is 30.4 Å². The fraction of sp³-hybridized carbons (Fsp3) is 0.296. The lowest BCUT2D eigenvalue weighted by Crippen LogP contribution is -2.40. The molecular formula is C27H30N2O9. The topological polar surface area (TPSA) is 143 Å². The number of carbonyl (C=O) groups is 3. The van der Waals surface area contributed by atoms with Gasteiger partial charge in [-0.05, 0) is 68.2 Å². The van der Waals surface area contributed by atoms with Gasteiger partial charge in [-0.25, -0.2) is 9.59 Å². The number of hydrogen-bond acceptors (Lipinski definition) is 9.